The molecule has 3 aliphatic heterocycles. The van der Waals surface area contributed by atoms with E-state index in [-0.39, 0.29) is 29.9 Å². The van der Waals surface area contributed by atoms with Crippen LogP contribution >= 0.6 is 0 Å². The SMILES string of the molecule is CN1C(=O)C2CN(CC3=C2C2C(=CC=CC2OCc2ccccc2)N3Cc2ccc(C=O)cc2)C1=O. The zero-order valence-corrected chi connectivity index (χ0v) is 20.0. The first kappa shape index (κ1) is 22.5. The van der Waals surface area contributed by atoms with E-state index >= 15 is 0 Å². The lowest BCUT2D eigenvalue weighted by molar-refractivity contribution is -0.134. The van der Waals surface area contributed by atoms with Gasteiger partial charge < -0.3 is 14.5 Å². The quantitative estimate of drug-likeness (QED) is 0.588. The summed E-state index contributed by atoms with van der Waals surface area (Å²) in [5.41, 5.74) is 5.92. The van der Waals surface area contributed by atoms with Crippen LogP contribution in [0.2, 0.25) is 0 Å². The van der Waals surface area contributed by atoms with Crippen LogP contribution in [-0.4, -0.2) is 59.2 Å². The lowest BCUT2D eigenvalue weighted by Gasteiger charge is -2.43. The molecule has 1 fully saturated rings. The minimum Gasteiger partial charge on any atom is -0.368 e. The average molecular weight is 482 g/mol. The molecule has 2 aromatic carbocycles. The monoisotopic (exact) mass is 481 g/mol. The third-order valence-corrected chi connectivity index (χ3v) is 7.57. The molecule has 0 aromatic heterocycles. The van der Waals surface area contributed by atoms with Crippen LogP contribution in [0.4, 0.5) is 4.79 Å². The Labute approximate surface area is 209 Å². The van der Waals surface area contributed by atoms with Crippen LogP contribution in [0.15, 0.2) is 89.8 Å². The maximum atomic E-state index is 13.3. The van der Waals surface area contributed by atoms with Gasteiger partial charge >= 0.3 is 6.03 Å². The number of hydrogen-bond acceptors (Lipinski definition) is 5. The number of hydrogen-bond donors (Lipinski definition) is 0. The molecule has 36 heavy (non-hydrogen) atoms. The summed E-state index contributed by atoms with van der Waals surface area (Å²) in [5.74, 6) is -0.640. The van der Waals surface area contributed by atoms with Gasteiger partial charge in [0.05, 0.1) is 31.1 Å². The van der Waals surface area contributed by atoms with Crippen molar-refractivity contribution in [2.24, 2.45) is 11.8 Å². The first-order valence-corrected chi connectivity index (χ1v) is 12.2. The van der Waals surface area contributed by atoms with Crippen LogP contribution in [0.1, 0.15) is 21.5 Å². The third-order valence-electron chi connectivity index (χ3n) is 7.57. The van der Waals surface area contributed by atoms with Crippen LogP contribution in [0.5, 0.6) is 0 Å². The Balaban J connectivity index is 1.38. The van der Waals surface area contributed by atoms with E-state index in [0.717, 1.165) is 34.4 Å². The van der Waals surface area contributed by atoms with Crippen molar-refractivity contribution in [1.29, 1.82) is 0 Å². The molecule has 182 valence electrons. The predicted molar refractivity (Wildman–Crippen MR) is 133 cm³/mol. The highest BCUT2D eigenvalue weighted by Crippen LogP contribution is 2.49. The van der Waals surface area contributed by atoms with Crippen LogP contribution < -0.4 is 0 Å². The van der Waals surface area contributed by atoms with E-state index in [1.165, 1.54) is 4.90 Å². The summed E-state index contributed by atoms with van der Waals surface area (Å²) in [6.45, 7) is 1.91. The molecule has 3 heterocycles. The highest BCUT2D eigenvalue weighted by Gasteiger charge is 2.52. The van der Waals surface area contributed by atoms with Gasteiger partial charge in [-0.05, 0) is 22.8 Å². The molecule has 7 nitrogen and oxygen atoms in total. The number of benzene rings is 2. The number of nitrogens with zero attached hydrogens (tertiary/aromatic N) is 3. The molecule has 3 atom stereocenters. The van der Waals surface area contributed by atoms with Gasteiger partial charge in [-0.3, -0.25) is 14.5 Å². The van der Waals surface area contributed by atoms with Gasteiger partial charge in [0, 0.05) is 37.1 Å². The fourth-order valence-electron chi connectivity index (χ4n) is 5.78. The summed E-state index contributed by atoms with van der Waals surface area (Å²) >= 11 is 0. The summed E-state index contributed by atoms with van der Waals surface area (Å²) < 4.78 is 6.45. The molecule has 1 aliphatic carbocycles. The van der Waals surface area contributed by atoms with E-state index in [4.69, 9.17) is 4.74 Å². The van der Waals surface area contributed by atoms with Crippen LogP contribution in [0, 0.1) is 11.8 Å². The van der Waals surface area contributed by atoms with Gasteiger partial charge in [-0.25, -0.2) is 4.79 Å². The fraction of sp³-hybridized carbons (Fsp3) is 0.276. The van der Waals surface area contributed by atoms with Crippen molar-refractivity contribution in [2.75, 3.05) is 20.1 Å². The summed E-state index contributed by atoms with van der Waals surface area (Å²) in [6.07, 6.45) is 6.80. The van der Waals surface area contributed by atoms with Crippen molar-refractivity contribution in [2.45, 2.75) is 19.3 Å². The molecule has 1 saturated heterocycles. The molecule has 0 N–H and O–H groups in total. The molecule has 0 saturated carbocycles. The number of allylic oxidation sites excluding steroid dienone is 2. The molecular formula is C29H27N3O4. The number of aldehydes is 1. The molecule has 6 rings (SSSR count). The van der Waals surface area contributed by atoms with Gasteiger partial charge in [0.25, 0.3) is 0 Å². The smallest absolute Gasteiger partial charge is 0.326 e. The topological polar surface area (TPSA) is 70.2 Å². The Morgan fingerprint density at radius 2 is 1.81 bits per heavy atom. The van der Waals surface area contributed by atoms with E-state index in [9.17, 15) is 14.4 Å². The van der Waals surface area contributed by atoms with Gasteiger partial charge in [-0.1, -0.05) is 66.7 Å². The zero-order chi connectivity index (χ0) is 24.8. The lowest BCUT2D eigenvalue weighted by atomic mass is 9.79. The molecule has 0 spiro atoms. The van der Waals surface area contributed by atoms with Crippen LogP contribution in [0.3, 0.4) is 0 Å². The molecule has 3 amide bonds. The van der Waals surface area contributed by atoms with Gasteiger partial charge in [-0.2, -0.15) is 0 Å². The average Bonchev–Trinajstić information content (AvgIpc) is 3.24. The fourth-order valence-corrected chi connectivity index (χ4v) is 5.78. The molecule has 4 aliphatic rings. The molecule has 0 radical (unpaired) electrons. The Morgan fingerprint density at radius 3 is 2.56 bits per heavy atom. The minimum atomic E-state index is -0.387. The van der Waals surface area contributed by atoms with E-state index < -0.39 is 0 Å². The maximum absolute atomic E-state index is 13.3. The van der Waals surface area contributed by atoms with Gasteiger partial charge in [-0.15, -0.1) is 0 Å². The van der Waals surface area contributed by atoms with E-state index in [2.05, 4.69) is 17.1 Å². The minimum absolute atomic E-state index is 0.0966. The van der Waals surface area contributed by atoms with Crippen LogP contribution in [-0.2, 0) is 22.7 Å². The van der Waals surface area contributed by atoms with E-state index in [1.54, 1.807) is 11.9 Å². The Morgan fingerprint density at radius 1 is 1.03 bits per heavy atom. The summed E-state index contributed by atoms with van der Waals surface area (Å²) in [5, 5.41) is 0. The number of urea groups is 1. The Bertz CT molecular complexity index is 1310. The number of fused-ring (bicyclic) bond motifs is 5. The second-order valence-electron chi connectivity index (χ2n) is 9.68. The number of carbonyl (C=O) groups excluding carboxylic acids is 3. The number of amides is 3. The highest BCUT2D eigenvalue weighted by atomic mass is 16.5. The summed E-state index contributed by atoms with van der Waals surface area (Å²) in [7, 11) is 1.57. The number of rotatable bonds is 6. The zero-order valence-electron chi connectivity index (χ0n) is 20.0. The number of imide groups is 1. The summed E-state index contributed by atoms with van der Waals surface area (Å²) in [6, 6.07) is 17.3. The van der Waals surface area contributed by atoms with Crippen molar-refractivity contribution in [1.82, 2.24) is 14.7 Å². The Kier molecular flexibility index (Phi) is 5.57. The van der Waals surface area contributed by atoms with E-state index in [1.807, 2.05) is 60.7 Å². The standard InChI is InChI=1S/C29H27N3O4/c1-30-28(34)22-15-31(29(30)35)16-24-26(22)27-23(32(24)14-19-10-12-20(17-33)13-11-19)8-5-9-25(27)36-18-21-6-3-2-4-7-21/h2-13,17,22,25,27H,14-16,18H2,1H3. The third kappa shape index (κ3) is 3.67. The second-order valence-corrected chi connectivity index (χ2v) is 9.68. The lowest BCUT2D eigenvalue weighted by Crippen LogP contribution is -2.59. The second kappa shape index (κ2) is 8.91. The van der Waals surface area contributed by atoms with Crippen molar-refractivity contribution >= 4 is 18.2 Å². The first-order valence-electron chi connectivity index (χ1n) is 12.2. The molecule has 7 heteroatoms. The van der Waals surface area contributed by atoms with Crippen molar-refractivity contribution in [3.05, 3.63) is 106 Å². The van der Waals surface area contributed by atoms with E-state index in [0.29, 0.717) is 31.8 Å². The molecular weight excluding hydrogens is 454 g/mol. The van der Waals surface area contributed by atoms with Gasteiger partial charge in [0.2, 0.25) is 5.91 Å². The van der Waals surface area contributed by atoms with Gasteiger partial charge in [0.1, 0.15) is 6.29 Å². The predicted octanol–water partition coefficient (Wildman–Crippen LogP) is 3.75. The normalized spacial score (nSPS) is 24.6. The van der Waals surface area contributed by atoms with Crippen molar-refractivity contribution < 1.29 is 19.1 Å². The van der Waals surface area contributed by atoms with Crippen molar-refractivity contribution in [3.8, 4) is 0 Å². The molecule has 3 unspecified atom stereocenters. The van der Waals surface area contributed by atoms with Crippen LogP contribution in [0.25, 0.3) is 0 Å². The number of ether oxygens (including phenoxy) is 1. The number of carbonyl (C=O) groups is 3. The highest BCUT2D eigenvalue weighted by molar-refractivity contribution is 6.00. The van der Waals surface area contributed by atoms with Gasteiger partial charge in [0.15, 0.2) is 0 Å². The molecule has 2 bridgehead atoms. The molecule has 2 aromatic rings. The maximum Gasteiger partial charge on any atom is 0.326 e. The van der Waals surface area contributed by atoms with Crippen molar-refractivity contribution in [3.63, 3.8) is 0 Å². The first-order chi connectivity index (χ1) is 17.5. The largest absolute Gasteiger partial charge is 0.368 e. The summed E-state index contributed by atoms with van der Waals surface area (Å²) in [4.78, 5) is 42.5. The Hall–Kier alpha value is -3.97.